The maximum Gasteiger partial charge on any atom is 0.249 e. The Labute approximate surface area is 142 Å². The molecule has 3 rings (SSSR count). The normalized spacial score (nSPS) is 17.2. The molecule has 2 aromatic carbocycles. The van der Waals surface area contributed by atoms with Crippen molar-refractivity contribution in [1.29, 1.82) is 0 Å². The lowest BCUT2D eigenvalue weighted by atomic mass is 10.2. The van der Waals surface area contributed by atoms with Gasteiger partial charge in [0.2, 0.25) is 5.91 Å². The highest BCUT2D eigenvalue weighted by Crippen LogP contribution is 2.31. The first-order chi connectivity index (χ1) is 11.7. The fourth-order valence-corrected chi connectivity index (χ4v) is 2.97. The van der Waals surface area contributed by atoms with Gasteiger partial charge in [0.25, 0.3) is 0 Å². The predicted octanol–water partition coefficient (Wildman–Crippen LogP) is 3.06. The lowest BCUT2D eigenvalue weighted by Gasteiger charge is -2.20. The number of ether oxygens (including phenoxy) is 2. The number of methoxy groups -OCH3 is 2. The van der Waals surface area contributed by atoms with E-state index in [0.717, 1.165) is 29.1 Å². The van der Waals surface area contributed by atoms with Gasteiger partial charge in [-0.1, -0.05) is 24.3 Å². The van der Waals surface area contributed by atoms with Crippen molar-refractivity contribution >= 4 is 17.3 Å². The Kier molecular flexibility index (Phi) is 5.01. The van der Waals surface area contributed by atoms with Crippen LogP contribution in [0.25, 0.3) is 0 Å². The van der Waals surface area contributed by atoms with Crippen LogP contribution in [0.4, 0.5) is 11.4 Å². The largest absolute Gasteiger partial charge is 0.495 e. The molecule has 1 unspecified atom stereocenters. The highest BCUT2D eigenvalue weighted by atomic mass is 16.5. The lowest BCUT2D eigenvalue weighted by Crippen LogP contribution is -2.33. The molecule has 0 aromatic heterocycles. The summed E-state index contributed by atoms with van der Waals surface area (Å²) in [5.41, 5.74) is 2.87. The summed E-state index contributed by atoms with van der Waals surface area (Å²) in [4.78, 5) is 14.5. The average molecular weight is 326 g/mol. The van der Waals surface area contributed by atoms with Crippen molar-refractivity contribution in [1.82, 2.24) is 0 Å². The van der Waals surface area contributed by atoms with Gasteiger partial charge in [0.15, 0.2) is 0 Å². The van der Waals surface area contributed by atoms with E-state index in [4.69, 9.17) is 9.47 Å². The van der Waals surface area contributed by atoms with Crippen molar-refractivity contribution in [3.8, 4) is 5.75 Å². The SMILES string of the molecule is COCc1ccc(NC2CCN(c3ccccc3OC)C2=O)cc1. The highest BCUT2D eigenvalue weighted by Gasteiger charge is 2.33. The lowest BCUT2D eigenvalue weighted by molar-refractivity contribution is -0.117. The summed E-state index contributed by atoms with van der Waals surface area (Å²) in [6.07, 6.45) is 0.761. The zero-order valence-corrected chi connectivity index (χ0v) is 14.0. The van der Waals surface area contributed by atoms with Crippen molar-refractivity contribution in [3.05, 3.63) is 54.1 Å². The van der Waals surface area contributed by atoms with E-state index >= 15 is 0 Å². The Morgan fingerprint density at radius 2 is 1.88 bits per heavy atom. The van der Waals surface area contributed by atoms with Crippen molar-refractivity contribution in [2.75, 3.05) is 31.0 Å². The van der Waals surface area contributed by atoms with Crippen LogP contribution in [-0.2, 0) is 16.1 Å². The topological polar surface area (TPSA) is 50.8 Å². The maximum absolute atomic E-state index is 12.7. The summed E-state index contributed by atoms with van der Waals surface area (Å²) in [6.45, 7) is 1.27. The molecule has 1 aliphatic rings. The van der Waals surface area contributed by atoms with Crippen LogP contribution in [-0.4, -0.2) is 32.7 Å². The number of rotatable bonds is 6. The summed E-state index contributed by atoms with van der Waals surface area (Å²) in [6, 6.07) is 15.4. The summed E-state index contributed by atoms with van der Waals surface area (Å²) in [7, 11) is 3.30. The Hall–Kier alpha value is -2.53. The average Bonchev–Trinajstić information content (AvgIpc) is 2.97. The molecule has 5 nitrogen and oxygen atoms in total. The zero-order valence-electron chi connectivity index (χ0n) is 14.0. The number of para-hydroxylation sites is 2. The van der Waals surface area contributed by atoms with E-state index in [-0.39, 0.29) is 11.9 Å². The van der Waals surface area contributed by atoms with Crippen LogP contribution in [0, 0.1) is 0 Å². The number of anilines is 2. The van der Waals surface area contributed by atoms with Gasteiger partial charge in [0, 0.05) is 19.3 Å². The number of benzene rings is 2. The van der Waals surface area contributed by atoms with Crippen LogP contribution in [0.2, 0.25) is 0 Å². The molecule has 1 heterocycles. The van der Waals surface area contributed by atoms with E-state index < -0.39 is 0 Å². The molecule has 0 saturated carbocycles. The molecule has 0 aliphatic carbocycles. The Bertz CT molecular complexity index is 700. The van der Waals surface area contributed by atoms with E-state index in [1.807, 2.05) is 48.5 Å². The number of carbonyl (C=O) groups is 1. The summed E-state index contributed by atoms with van der Waals surface area (Å²) in [5, 5.41) is 3.32. The molecule has 1 fully saturated rings. The van der Waals surface area contributed by atoms with Crippen molar-refractivity contribution in [2.45, 2.75) is 19.1 Å². The van der Waals surface area contributed by atoms with Crippen molar-refractivity contribution < 1.29 is 14.3 Å². The molecular weight excluding hydrogens is 304 g/mol. The number of hydrogen-bond acceptors (Lipinski definition) is 4. The van der Waals surface area contributed by atoms with Crippen molar-refractivity contribution in [2.24, 2.45) is 0 Å². The van der Waals surface area contributed by atoms with Gasteiger partial charge in [-0.15, -0.1) is 0 Å². The van der Waals surface area contributed by atoms with Crippen LogP contribution in [0.3, 0.4) is 0 Å². The van der Waals surface area contributed by atoms with Crippen LogP contribution in [0.5, 0.6) is 5.75 Å². The molecule has 1 saturated heterocycles. The third-order valence-corrected chi connectivity index (χ3v) is 4.19. The quantitative estimate of drug-likeness (QED) is 0.886. The second kappa shape index (κ2) is 7.36. The molecule has 1 amide bonds. The smallest absolute Gasteiger partial charge is 0.249 e. The minimum atomic E-state index is -0.219. The summed E-state index contributed by atoms with van der Waals surface area (Å²) < 4.78 is 10.5. The van der Waals surface area contributed by atoms with Crippen molar-refractivity contribution in [3.63, 3.8) is 0 Å². The van der Waals surface area contributed by atoms with Gasteiger partial charge >= 0.3 is 0 Å². The molecular formula is C19H22N2O3. The molecule has 2 aromatic rings. The minimum Gasteiger partial charge on any atom is -0.495 e. The van der Waals surface area contributed by atoms with E-state index in [9.17, 15) is 4.79 Å². The fourth-order valence-electron chi connectivity index (χ4n) is 2.97. The first kappa shape index (κ1) is 16.3. The first-order valence-corrected chi connectivity index (χ1v) is 8.01. The number of carbonyl (C=O) groups excluding carboxylic acids is 1. The summed E-state index contributed by atoms with van der Waals surface area (Å²) in [5.74, 6) is 0.788. The molecule has 24 heavy (non-hydrogen) atoms. The molecule has 1 aliphatic heterocycles. The number of hydrogen-bond donors (Lipinski definition) is 1. The minimum absolute atomic E-state index is 0.0699. The highest BCUT2D eigenvalue weighted by molar-refractivity contribution is 6.02. The molecule has 0 spiro atoms. The maximum atomic E-state index is 12.7. The fraction of sp³-hybridized carbons (Fsp3) is 0.316. The number of nitrogens with zero attached hydrogens (tertiary/aromatic N) is 1. The van der Waals surface area contributed by atoms with Crippen LogP contribution >= 0.6 is 0 Å². The third kappa shape index (κ3) is 3.36. The monoisotopic (exact) mass is 326 g/mol. The van der Waals surface area contributed by atoms with Gasteiger partial charge in [-0.05, 0) is 36.2 Å². The van der Waals surface area contributed by atoms with Gasteiger partial charge in [0.05, 0.1) is 19.4 Å². The molecule has 0 bridgehead atoms. The molecule has 126 valence electrons. The van der Waals surface area contributed by atoms with Crippen LogP contribution in [0.15, 0.2) is 48.5 Å². The van der Waals surface area contributed by atoms with E-state index in [2.05, 4.69) is 5.32 Å². The predicted molar refractivity (Wildman–Crippen MR) is 94.5 cm³/mol. The van der Waals surface area contributed by atoms with Gasteiger partial charge < -0.3 is 19.7 Å². The zero-order chi connectivity index (χ0) is 16.9. The van der Waals surface area contributed by atoms with Gasteiger partial charge in [-0.25, -0.2) is 0 Å². The van der Waals surface area contributed by atoms with E-state index in [1.165, 1.54) is 0 Å². The van der Waals surface area contributed by atoms with Gasteiger partial charge in [-0.3, -0.25) is 4.79 Å². The van der Waals surface area contributed by atoms with Gasteiger partial charge in [-0.2, -0.15) is 0 Å². The Morgan fingerprint density at radius 1 is 1.12 bits per heavy atom. The van der Waals surface area contributed by atoms with Crippen LogP contribution in [0.1, 0.15) is 12.0 Å². The molecule has 0 radical (unpaired) electrons. The number of amides is 1. The first-order valence-electron chi connectivity index (χ1n) is 8.01. The second-order valence-corrected chi connectivity index (χ2v) is 5.78. The molecule has 5 heteroatoms. The summed E-state index contributed by atoms with van der Waals surface area (Å²) >= 11 is 0. The second-order valence-electron chi connectivity index (χ2n) is 5.78. The van der Waals surface area contributed by atoms with E-state index in [0.29, 0.717) is 13.2 Å². The molecule has 1 N–H and O–H groups in total. The molecule has 1 atom stereocenters. The van der Waals surface area contributed by atoms with Crippen LogP contribution < -0.4 is 15.0 Å². The van der Waals surface area contributed by atoms with E-state index in [1.54, 1.807) is 19.1 Å². The standard InChI is InChI=1S/C19H22N2O3/c1-23-13-14-7-9-15(10-8-14)20-16-11-12-21(19(16)22)17-5-3-4-6-18(17)24-2/h3-10,16,20H,11-13H2,1-2H3. The number of nitrogens with one attached hydrogen (secondary N) is 1. The third-order valence-electron chi connectivity index (χ3n) is 4.19. The Balaban J connectivity index is 1.70. The van der Waals surface area contributed by atoms with Gasteiger partial charge in [0.1, 0.15) is 11.8 Å². The Morgan fingerprint density at radius 3 is 2.58 bits per heavy atom.